The van der Waals surface area contributed by atoms with Crippen LogP contribution >= 0.6 is 0 Å². The number of nitrogens with one attached hydrogen (secondary N) is 3. The minimum atomic E-state index is -0.547. The van der Waals surface area contributed by atoms with Gasteiger partial charge in [0.25, 0.3) is 11.7 Å². The second kappa shape index (κ2) is 6.44. The molecule has 0 aromatic rings. The zero-order valence-electron chi connectivity index (χ0n) is 9.68. The summed E-state index contributed by atoms with van der Waals surface area (Å²) in [6.07, 6.45) is -0.0817. The first-order valence-corrected chi connectivity index (χ1v) is 4.69. The highest BCUT2D eigenvalue weighted by Crippen LogP contribution is 2.04. The fraction of sp³-hybridized carbons (Fsp3) is 0.444. The maximum absolute atomic E-state index is 11.6. The van der Waals surface area contributed by atoms with Crippen molar-refractivity contribution in [1.82, 2.24) is 10.6 Å². The number of primary amides is 1. The second-order valence-electron chi connectivity index (χ2n) is 2.99. The maximum atomic E-state index is 11.6. The molecule has 0 bridgehead atoms. The standard InChI is InChI=1S/C9H17N5O2/c1-12-5(4-6(10)15)7(8(11)13-2)9(16)14-3/h12H,4H2,1-3H3,(H2,10,15)(H2,11,13)(H,14,16)/p+1/b7-5+. The van der Waals surface area contributed by atoms with E-state index >= 15 is 0 Å². The topological polar surface area (TPSA) is 124 Å². The van der Waals surface area contributed by atoms with Gasteiger partial charge in [0.15, 0.2) is 0 Å². The number of hydrogen-bond acceptors (Lipinski definition) is 3. The molecular formula is C9H18N5O2+. The van der Waals surface area contributed by atoms with Gasteiger partial charge in [-0.1, -0.05) is 0 Å². The van der Waals surface area contributed by atoms with Crippen LogP contribution in [0.15, 0.2) is 11.3 Å². The van der Waals surface area contributed by atoms with Crippen LogP contribution in [-0.4, -0.2) is 38.8 Å². The van der Waals surface area contributed by atoms with Crippen LogP contribution in [0.25, 0.3) is 0 Å². The molecule has 0 saturated carbocycles. The first-order chi connectivity index (χ1) is 7.47. The third-order valence-electron chi connectivity index (χ3n) is 1.95. The van der Waals surface area contributed by atoms with Crippen LogP contribution in [0.3, 0.4) is 0 Å². The molecule has 0 aromatic heterocycles. The predicted molar refractivity (Wildman–Crippen MR) is 60.0 cm³/mol. The van der Waals surface area contributed by atoms with Crippen LogP contribution in [0.1, 0.15) is 6.42 Å². The van der Waals surface area contributed by atoms with Gasteiger partial charge in [-0.2, -0.15) is 0 Å². The smallest absolute Gasteiger partial charge is 0.280 e. The van der Waals surface area contributed by atoms with Crippen LogP contribution < -0.4 is 27.1 Å². The second-order valence-corrected chi connectivity index (χ2v) is 2.99. The molecule has 0 aliphatic heterocycles. The Morgan fingerprint density at radius 3 is 2.06 bits per heavy atom. The minimum absolute atomic E-state index is 0.0817. The lowest BCUT2D eigenvalue weighted by molar-refractivity contribution is -0.420. The summed E-state index contributed by atoms with van der Waals surface area (Å²) in [5, 5.41) is 5.18. The highest BCUT2D eigenvalue weighted by atomic mass is 16.2. The molecule has 7 heteroatoms. The van der Waals surface area contributed by atoms with Gasteiger partial charge in [0, 0.05) is 19.8 Å². The van der Waals surface area contributed by atoms with E-state index in [-0.39, 0.29) is 17.8 Å². The molecule has 0 unspecified atom stereocenters. The minimum Gasteiger partial charge on any atom is -0.390 e. The normalized spacial score (nSPS) is 12.8. The number of rotatable bonds is 5. The van der Waals surface area contributed by atoms with Crippen LogP contribution in [0.5, 0.6) is 0 Å². The zero-order chi connectivity index (χ0) is 12.7. The molecule has 16 heavy (non-hydrogen) atoms. The summed E-state index contributed by atoms with van der Waals surface area (Å²) in [4.78, 5) is 25.1. The SMILES string of the molecule is CNC(=O)/C(C(N)=[NH+]C)=C(\CC(N)=O)NC. The molecule has 7 N–H and O–H groups in total. The van der Waals surface area contributed by atoms with Crippen molar-refractivity contribution in [2.24, 2.45) is 11.5 Å². The first-order valence-electron chi connectivity index (χ1n) is 4.69. The molecule has 0 rings (SSSR count). The van der Waals surface area contributed by atoms with Crippen molar-refractivity contribution in [2.45, 2.75) is 6.42 Å². The number of likely N-dealkylation sites (N-methyl/N-ethyl adjacent to an activating group) is 1. The lowest BCUT2D eigenvalue weighted by Crippen LogP contribution is -2.72. The van der Waals surface area contributed by atoms with Gasteiger partial charge in [-0.25, -0.2) is 0 Å². The van der Waals surface area contributed by atoms with E-state index in [1.165, 1.54) is 7.05 Å². The molecule has 0 radical (unpaired) electrons. The van der Waals surface area contributed by atoms with Gasteiger partial charge >= 0.3 is 0 Å². The molecule has 0 aliphatic rings. The van der Waals surface area contributed by atoms with E-state index in [0.29, 0.717) is 5.70 Å². The number of nitrogens with two attached hydrogens (primary N) is 2. The van der Waals surface area contributed by atoms with Gasteiger partial charge in [0.05, 0.1) is 13.5 Å². The third kappa shape index (κ3) is 3.60. The molecule has 0 fully saturated rings. The Kier molecular flexibility index (Phi) is 5.61. The maximum Gasteiger partial charge on any atom is 0.280 e. The van der Waals surface area contributed by atoms with E-state index in [2.05, 4.69) is 15.6 Å². The van der Waals surface area contributed by atoms with Crippen LogP contribution in [0.4, 0.5) is 0 Å². The largest absolute Gasteiger partial charge is 0.390 e. The summed E-state index contributed by atoms with van der Waals surface area (Å²) in [5.41, 5.74) is 11.3. The van der Waals surface area contributed by atoms with Crippen molar-refractivity contribution >= 4 is 17.6 Å². The Morgan fingerprint density at radius 2 is 1.75 bits per heavy atom. The molecule has 0 heterocycles. The molecule has 0 spiro atoms. The Balaban J connectivity index is 5.47. The summed E-state index contributed by atoms with van der Waals surface area (Å²) < 4.78 is 0. The fourth-order valence-corrected chi connectivity index (χ4v) is 1.15. The Morgan fingerprint density at radius 1 is 1.19 bits per heavy atom. The van der Waals surface area contributed by atoms with Crippen molar-refractivity contribution in [2.75, 3.05) is 21.1 Å². The summed E-state index contributed by atoms with van der Waals surface area (Å²) in [6, 6.07) is 0. The molecule has 0 aromatic carbocycles. The van der Waals surface area contributed by atoms with Gasteiger partial charge in [0.1, 0.15) is 5.57 Å². The quantitative estimate of drug-likeness (QED) is 0.188. The molecule has 7 nitrogen and oxygen atoms in total. The number of amidine groups is 1. The molecular weight excluding hydrogens is 210 g/mol. The van der Waals surface area contributed by atoms with Crippen molar-refractivity contribution in [3.8, 4) is 0 Å². The Labute approximate surface area is 94.0 Å². The average molecular weight is 228 g/mol. The van der Waals surface area contributed by atoms with Crippen LogP contribution in [-0.2, 0) is 9.59 Å². The third-order valence-corrected chi connectivity index (χ3v) is 1.95. The predicted octanol–water partition coefficient (Wildman–Crippen LogP) is -3.85. The summed E-state index contributed by atoms with van der Waals surface area (Å²) in [6.45, 7) is 0. The average Bonchev–Trinajstić information content (AvgIpc) is 2.26. The highest BCUT2D eigenvalue weighted by Gasteiger charge is 2.22. The van der Waals surface area contributed by atoms with Crippen LogP contribution in [0, 0.1) is 0 Å². The number of amides is 2. The lowest BCUT2D eigenvalue weighted by Gasteiger charge is -2.09. The molecule has 0 saturated heterocycles. The Bertz CT molecular complexity index is 346. The lowest BCUT2D eigenvalue weighted by atomic mass is 10.1. The monoisotopic (exact) mass is 228 g/mol. The fourth-order valence-electron chi connectivity index (χ4n) is 1.15. The molecule has 2 amide bonds. The van der Waals surface area contributed by atoms with Gasteiger partial charge in [-0.3, -0.25) is 20.3 Å². The number of carbonyl (C=O) groups is 2. The number of carbonyl (C=O) groups excluding carboxylic acids is 2. The first kappa shape index (κ1) is 13.9. The van der Waals surface area contributed by atoms with Gasteiger partial charge in [-0.05, 0) is 0 Å². The zero-order valence-corrected chi connectivity index (χ0v) is 9.68. The molecule has 90 valence electrons. The molecule has 0 aliphatic carbocycles. The van der Waals surface area contributed by atoms with Crippen molar-refractivity contribution in [1.29, 1.82) is 0 Å². The van der Waals surface area contributed by atoms with E-state index < -0.39 is 11.8 Å². The Hall–Kier alpha value is -2.05. The summed E-state index contributed by atoms with van der Waals surface area (Å²) >= 11 is 0. The van der Waals surface area contributed by atoms with Gasteiger partial charge in [-0.15, -0.1) is 0 Å². The highest BCUT2D eigenvalue weighted by molar-refractivity contribution is 6.18. The summed E-state index contributed by atoms with van der Waals surface area (Å²) in [5.74, 6) is -0.767. The van der Waals surface area contributed by atoms with Crippen molar-refractivity contribution < 1.29 is 14.6 Å². The number of hydrogen-bond donors (Lipinski definition) is 5. The van der Waals surface area contributed by atoms with Crippen molar-refractivity contribution in [3.63, 3.8) is 0 Å². The van der Waals surface area contributed by atoms with E-state index in [0.717, 1.165) is 0 Å². The van der Waals surface area contributed by atoms with E-state index in [9.17, 15) is 9.59 Å². The van der Waals surface area contributed by atoms with Gasteiger partial charge in [0.2, 0.25) is 5.91 Å². The summed E-state index contributed by atoms with van der Waals surface area (Å²) in [7, 11) is 4.64. The van der Waals surface area contributed by atoms with E-state index in [1.807, 2.05) is 0 Å². The van der Waals surface area contributed by atoms with E-state index in [1.54, 1.807) is 14.1 Å². The van der Waals surface area contributed by atoms with Crippen LogP contribution in [0.2, 0.25) is 0 Å². The van der Waals surface area contributed by atoms with Crippen molar-refractivity contribution in [3.05, 3.63) is 11.3 Å². The molecule has 0 atom stereocenters. The van der Waals surface area contributed by atoms with Gasteiger partial charge < -0.3 is 16.4 Å². The van der Waals surface area contributed by atoms with E-state index in [4.69, 9.17) is 11.5 Å².